The van der Waals surface area contributed by atoms with E-state index in [-0.39, 0.29) is 12.5 Å². The molecule has 0 aliphatic carbocycles. The molecule has 2 aromatic carbocycles. The van der Waals surface area contributed by atoms with Crippen molar-refractivity contribution in [3.05, 3.63) is 70.8 Å². The van der Waals surface area contributed by atoms with Crippen molar-refractivity contribution in [3.8, 4) is 0 Å². The molecule has 0 bridgehead atoms. The minimum absolute atomic E-state index is 0.0993. The van der Waals surface area contributed by atoms with E-state index in [4.69, 9.17) is 4.74 Å². The van der Waals surface area contributed by atoms with E-state index in [9.17, 15) is 27.9 Å². The van der Waals surface area contributed by atoms with Gasteiger partial charge in [0.1, 0.15) is 6.61 Å². The van der Waals surface area contributed by atoms with Crippen molar-refractivity contribution in [1.29, 1.82) is 0 Å². The van der Waals surface area contributed by atoms with Crippen LogP contribution in [0.25, 0.3) is 0 Å². The average molecular weight is 463 g/mol. The predicted molar refractivity (Wildman–Crippen MR) is 117 cm³/mol. The highest BCUT2D eigenvalue weighted by atomic mass is 19.4. The Labute approximate surface area is 191 Å². The summed E-state index contributed by atoms with van der Waals surface area (Å²) in [4.78, 5) is 25.6. The molecule has 1 aliphatic rings. The molecule has 1 saturated heterocycles. The maximum absolute atomic E-state index is 12.7. The lowest BCUT2D eigenvalue weighted by molar-refractivity contribution is -0.146. The third-order valence-corrected chi connectivity index (χ3v) is 5.97. The molecular formula is C25H28F3NO4. The molecule has 1 heterocycles. The Morgan fingerprint density at radius 1 is 1.09 bits per heavy atom. The first-order valence-electron chi connectivity index (χ1n) is 10.9. The molecule has 0 saturated carbocycles. The number of carboxylic acid groups (broad SMARTS) is 1. The minimum Gasteiger partial charge on any atom is -0.481 e. The van der Waals surface area contributed by atoms with Gasteiger partial charge >= 0.3 is 18.2 Å². The van der Waals surface area contributed by atoms with Crippen LogP contribution in [0, 0.1) is 5.41 Å². The highest BCUT2D eigenvalue weighted by molar-refractivity contribution is 5.74. The van der Waals surface area contributed by atoms with E-state index >= 15 is 0 Å². The Hall–Kier alpha value is -3.03. The zero-order valence-corrected chi connectivity index (χ0v) is 18.7. The van der Waals surface area contributed by atoms with Crippen LogP contribution in [0.3, 0.4) is 0 Å². The van der Waals surface area contributed by atoms with Crippen molar-refractivity contribution in [3.63, 3.8) is 0 Å². The second-order valence-corrected chi connectivity index (χ2v) is 9.15. The van der Waals surface area contributed by atoms with Gasteiger partial charge in [-0.15, -0.1) is 0 Å². The van der Waals surface area contributed by atoms with Crippen molar-refractivity contribution in [2.24, 2.45) is 5.41 Å². The SMILES string of the molecule is CC(C)(Cc1cccc([C@@H]2CCCN(C(=O)OCc3ccc(C(F)(F)F)cc3)C2)c1)C(=O)O. The second kappa shape index (κ2) is 9.85. The van der Waals surface area contributed by atoms with Gasteiger partial charge in [0.2, 0.25) is 0 Å². The van der Waals surface area contributed by atoms with E-state index in [0.29, 0.717) is 25.1 Å². The van der Waals surface area contributed by atoms with Crippen LogP contribution in [-0.4, -0.2) is 35.2 Å². The van der Waals surface area contributed by atoms with E-state index < -0.39 is 29.2 Å². The Morgan fingerprint density at radius 3 is 2.42 bits per heavy atom. The molecule has 0 spiro atoms. The number of hydrogen-bond donors (Lipinski definition) is 1. The number of ether oxygens (including phenoxy) is 1. The van der Waals surface area contributed by atoms with Crippen LogP contribution in [0.1, 0.15) is 54.9 Å². The summed E-state index contributed by atoms with van der Waals surface area (Å²) in [6.45, 7) is 4.30. The van der Waals surface area contributed by atoms with Crippen LogP contribution in [0.2, 0.25) is 0 Å². The van der Waals surface area contributed by atoms with Crippen LogP contribution in [0.15, 0.2) is 48.5 Å². The monoisotopic (exact) mass is 463 g/mol. The molecule has 33 heavy (non-hydrogen) atoms. The number of carbonyl (C=O) groups is 2. The van der Waals surface area contributed by atoms with Gasteiger partial charge in [0.15, 0.2) is 0 Å². The topological polar surface area (TPSA) is 66.8 Å². The van der Waals surface area contributed by atoms with Gasteiger partial charge in [-0.2, -0.15) is 13.2 Å². The van der Waals surface area contributed by atoms with Crippen molar-refractivity contribution >= 4 is 12.1 Å². The molecule has 178 valence electrons. The number of halogens is 3. The highest BCUT2D eigenvalue weighted by Gasteiger charge is 2.31. The van der Waals surface area contributed by atoms with Gasteiger partial charge in [-0.05, 0) is 61.9 Å². The normalized spacial score (nSPS) is 17.0. The number of amides is 1. The molecule has 0 radical (unpaired) electrons. The standard InChI is InChI=1S/C25H28F3NO4/c1-24(2,22(30)31)14-18-5-3-6-19(13-18)20-7-4-12-29(15-20)23(32)33-16-17-8-10-21(11-9-17)25(26,27)28/h3,5-6,8-11,13,20H,4,7,12,14-16H2,1-2H3,(H,30,31)/t20-/m1/s1. The fourth-order valence-electron chi connectivity index (χ4n) is 3.98. The van der Waals surface area contributed by atoms with Gasteiger partial charge in [0, 0.05) is 19.0 Å². The second-order valence-electron chi connectivity index (χ2n) is 9.15. The maximum Gasteiger partial charge on any atom is 0.416 e. The number of likely N-dealkylation sites (tertiary alicyclic amines) is 1. The number of hydrogen-bond acceptors (Lipinski definition) is 3. The Balaban J connectivity index is 1.59. The zero-order chi connectivity index (χ0) is 24.2. The highest BCUT2D eigenvalue weighted by Crippen LogP contribution is 2.31. The van der Waals surface area contributed by atoms with Gasteiger partial charge in [0.05, 0.1) is 11.0 Å². The van der Waals surface area contributed by atoms with E-state index in [1.165, 1.54) is 12.1 Å². The number of benzene rings is 2. The summed E-state index contributed by atoms with van der Waals surface area (Å²) in [5.41, 5.74) is 0.846. The first-order chi connectivity index (χ1) is 15.5. The lowest BCUT2D eigenvalue weighted by atomic mass is 9.83. The summed E-state index contributed by atoms with van der Waals surface area (Å²) in [6.07, 6.45) is -2.80. The quantitative estimate of drug-likeness (QED) is 0.581. The van der Waals surface area contributed by atoms with E-state index in [1.807, 2.05) is 24.3 Å². The van der Waals surface area contributed by atoms with Crippen LogP contribution < -0.4 is 0 Å². The molecule has 3 rings (SSSR count). The summed E-state index contributed by atoms with van der Waals surface area (Å²) in [5, 5.41) is 9.39. The number of carboxylic acids is 1. The molecule has 5 nitrogen and oxygen atoms in total. The molecule has 1 N–H and O–H groups in total. The van der Waals surface area contributed by atoms with Crippen LogP contribution in [0.4, 0.5) is 18.0 Å². The van der Waals surface area contributed by atoms with E-state index in [1.54, 1.807) is 18.7 Å². The average Bonchev–Trinajstić information content (AvgIpc) is 2.77. The van der Waals surface area contributed by atoms with Crippen molar-refractivity contribution in [2.75, 3.05) is 13.1 Å². The van der Waals surface area contributed by atoms with Crippen LogP contribution in [0.5, 0.6) is 0 Å². The van der Waals surface area contributed by atoms with Gasteiger partial charge in [0.25, 0.3) is 0 Å². The third kappa shape index (κ3) is 6.49. The van der Waals surface area contributed by atoms with Crippen LogP contribution in [-0.2, 0) is 28.7 Å². The van der Waals surface area contributed by atoms with E-state index in [0.717, 1.165) is 36.1 Å². The molecule has 2 aromatic rings. The smallest absolute Gasteiger partial charge is 0.416 e. The number of rotatable bonds is 6. The minimum atomic E-state index is -4.40. The van der Waals surface area contributed by atoms with Crippen LogP contribution >= 0.6 is 0 Å². The van der Waals surface area contributed by atoms with Crippen molar-refractivity contribution in [2.45, 2.75) is 51.8 Å². The summed E-state index contributed by atoms with van der Waals surface area (Å²) in [6, 6.07) is 12.4. The summed E-state index contributed by atoms with van der Waals surface area (Å²) in [5.74, 6) is -0.752. The van der Waals surface area contributed by atoms with Gasteiger partial charge in [-0.25, -0.2) is 4.79 Å². The van der Waals surface area contributed by atoms with Gasteiger partial charge in [-0.3, -0.25) is 4.79 Å². The first-order valence-corrected chi connectivity index (χ1v) is 10.9. The first kappa shape index (κ1) is 24.6. The maximum atomic E-state index is 12.7. The molecule has 1 atom stereocenters. The molecule has 8 heteroatoms. The number of aliphatic carboxylic acids is 1. The number of alkyl halides is 3. The predicted octanol–water partition coefficient (Wildman–Crippen LogP) is 5.87. The van der Waals surface area contributed by atoms with E-state index in [2.05, 4.69) is 0 Å². The van der Waals surface area contributed by atoms with Gasteiger partial charge < -0.3 is 14.7 Å². The molecular weight excluding hydrogens is 435 g/mol. The number of carbonyl (C=O) groups excluding carboxylic acids is 1. The third-order valence-electron chi connectivity index (χ3n) is 5.97. The largest absolute Gasteiger partial charge is 0.481 e. The lowest BCUT2D eigenvalue weighted by Gasteiger charge is -2.32. The Kier molecular flexibility index (Phi) is 7.34. The van der Waals surface area contributed by atoms with Gasteiger partial charge in [-0.1, -0.05) is 36.4 Å². The fourth-order valence-corrected chi connectivity index (χ4v) is 3.98. The molecule has 1 fully saturated rings. The molecule has 1 amide bonds. The van der Waals surface area contributed by atoms with Crippen molar-refractivity contribution < 1.29 is 32.6 Å². The van der Waals surface area contributed by atoms with Crippen molar-refractivity contribution in [1.82, 2.24) is 4.90 Å². The lowest BCUT2D eigenvalue weighted by Crippen LogP contribution is -2.39. The molecule has 0 aromatic heterocycles. The Bertz CT molecular complexity index is 986. The summed E-state index contributed by atoms with van der Waals surface area (Å²) < 4.78 is 43.4. The molecule has 0 unspecified atom stereocenters. The summed E-state index contributed by atoms with van der Waals surface area (Å²) in [7, 11) is 0. The molecule has 1 aliphatic heterocycles. The zero-order valence-electron chi connectivity index (χ0n) is 18.7. The number of piperidine rings is 1. The fraction of sp³-hybridized carbons (Fsp3) is 0.440. The number of nitrogens with zero attached hydrogens (tertiary/aromatic N) is 1. The summed E-state index contributed by atoms with van der Waals surface area (Å²) >= 11 is 0. The Morgan fingerprint density at radius 2 is 1.79 bits per heavy atom.